The van der Waals surface area contributed by atoms with Gasteiger partial charge in [0.15, 0.2) is 0 Å². The molecule has 0 spiro atoms. The largest absolute Gasteiger partial charge is 0.379 e. The number of alkyl halides is 1. The minimum atomic E-state index is 0.556. The molecule has 3 aliphatic rings. The van der Waals surface area contributed by atoms with Crippen LogP contribution in [0, 0.1) is 0 Å². The summed E-state index contributed by atoms with van der Waals surface area (Å²) in [5.41, 5.74) is 0. The van der Waals surface area contributed by atoms with Crippen LogP contribution in [0.5, 0.6) is 0 Å². The van der Waals surface area contributed by atoms with E-state index in [1.807, 2.05) is 0 Å². The Morgan fingerprint density at radius 2 is 1.06 bits per heavy atom. The molecule has 4 nitrogen and oxygen atoms in total. The van der Waals surface area contributed by atoms with Crippen molar-refractivity contribution in [1.82, 2.24) is 10.6 Å². The fraction of sp³-hybridized carbons (Fsp3) is 1.00. The molecule has 5 heteroatoms. The van der Waals surface area contributed by atoms with Gasteiger partial charge in [0.1, 0.15) is 0 Å². The van der Waals surface area contributed by atoms with Gasteiger partial charge >= 0.3 is 0 Å². The number of halogens is 1. The smallest absolute Gasteiger partial charge is 0.0591 e. The zero-order valence-corrected chi connectivity index (χ0v) is 10.6. The van der Waals surface area contributed by atoms with Gasteiger partial charge in [-0.25, -0.2) is 0 Å². The maximum absolute atomic E-state index is 5.39. The number of morpholine rings is 2. The predicted molar refractivity (Wildman–Crippen MR) is 66.3 cm³/mol. The van der Waals surface area contributed by atoms with Crippen LogP contribution in [0.2, 0.25) is 0 Å². The zero-order chi connectivity index (χ0) is 11.5. The second-order valence-electron chi connectivity index (χ2n) is 3.90. The molecular weight excluding hydrogens is 228 g/mol. The normalized spacial score (nSPS) is 24.6. The number of nitrogens with one attached hydrogen (secondary N) is 2. The summed E-state index contributed by atoms with van der Waals surface area (Å²) in [5.74, 6) is 0. The molecule has 96 valence electrons. The maximum atomic E-state index is 5.39. The molecule has 2 saturated heterocycles. The van der Waals surface area contributed by atoms with Crippen LogP contribution in [0.3, 0.4) is 0 Å². The van der Waals surface area contributed by atoms with Crippen molar-refractivity contribution in [3.8, 4) is 0 Å². The predicted octanol–water partition coefficient (Wildman–Crippen LogP) is 0.600. The van der Waals surface area contributed by atoms with Crippen molar-refractivity contribution < 1.29 is 9.47 Å². The van der Waals surface area contributed by atoms with E-state index in [2.05, 4.69) is 10.6 Å². The first kappa shape index (κ1) is 14.2. The van der Waals surface area contributed by atoms with E-state index < -0.39 is 0 Å². The average Bonchev–Trinajstić information content (AvgIpc) is 3.18. The fourth-order valence-electron chi connectivity index (χ4n) is 1.09. The van der Waals surface area contributed by atoms with E-state index in [0.29, 0.717) is 5.38 Å². The minimum Gasteiger partial charge on any atom is -0.379 e. The van der Waals surface area contributed by atoms with E-state index >= 15 is 0 Å². The van der Waals surface area contributed by atoms with E-state index in [1.165, 1.54) is 12.8 Å². The van der Waals surface area contributed by atoms with Crippen LogP contribution in [0.4, 0.5) is 0 Å². The van der Waals surface area contributed by atoms with Gasteiger partial charge in [-0.2, -0.15) is 0 Å². The summed E-state index contributed by atoms with van der Waals surface area (Å²) in [6.45, 7) is 7.67. The number of hydrogen-bond donors (Lipinski definition) is 2. The molecule has 0 amide bonds. The van der Waals surface area contributed by atoms with Crippen LogP contribution >= 0.6 is 11.6 Å². The molecule has 1 aliphatic carbocycles. The monoisotopic (exact) mass is 250 g/mol. The second kappa shape index (κ2) is 10.3. The summed E-state index contributed by atoms with van der Waals surface area (Å²) >= 11 is 5.39. The van der Waals surface area contributed by atoms with Gasteiger partial charge in [0.25, 0.3) is 0 Å². The van der Waals surface area contributed by atoms with Gasteiger partial charge in [-0.1, -0.05) is 0 Å². The molecule has 0 radical (unpaired) electrons. The molecule has 3 fully saturated rings. The van der Waals surface area contributed by atoms with Crippen molar-refractivity contribution >= 4 is 11.6 Å². The Balaban J connectivity index is 0.000000123. The molecule has 16 heavy (non-hydrogen) atoms. The molecule has 0 unspecified atom stereocenters. The SMILES string of the molecule is C1COCCN1.C1COCCN1.ClC1CC1. The van der Waals surface area contributed by atoms with E-state index in [-0.39, 0.29) is 0 Å². The quantitative estimate of drug-likeness (QED) is 0.618. The molecule has 1 saturated carbocycles. The van der Waals surface area contributed by atoms with E-state index in [1.54, 1.807) is 0 Å². The van der Waals surface area contributed by atoms with E-state index in [4.69, 9.17) is 21.1 Å². The molecule has 3 rings (SSSR count). The van der Waals surface area contributed by atoms with Crippen LogP contribution in [-0.4, -0.2) is 58.0 Å². The third kappa shape index (κ3) is 10.6. The highest BCUT2D eigenvalue weighted by Crippen LogP contribution is 2.25. The maximum Gasteiger partial charge on any atom is 0.0591 e. The van der Waals surface area contributed by atoms with Crippen molar-refractivity contribution in [2.24, 2.45) is 0 Å². The van der Waals surface area contributed by atoms with Crippen molar-refractivity contribution in [3.63, 3.8) is 0 Å². The van der Waals surface area contributed by atoms with Crippen LogP contribution < -0.4 is 10.6 Å². The Labute approximate surface area is 103 Å². The Hall–Kier alpha value is 0.130. The first-order chi connectivity index (χ1) is 7.89. The molecule has 0 aromatic heterocycles. The number of hydrogen-bond acceptors (Lipinski definition) is 4. The van der Waals surface area contributed by atoms with Gasteiger partial charge in [0.2, 0.25) is 0 Å². The molecule has 0 bridgehead atoms. The van der Waals surface area contributed by atoms with Gasteiger partial charge in [-0.3, -0.25) is 0 Å². The van der Waals surface area contributed by atoms with Crippen LogP contribution in [0.25, 0.3) is 0 Å². The van der Waals surface area contributed by atoms with Gasteiger partial charge < -0.3 is 20.1 Å². The highest BCUT2D eigenvalue weighted by molar-refractivity contribution is 6.22. The first-order valence-corrected chi connectivity index (χ1v) is 6.54. The Kier molecular flexibility index (Phi) is 9.13. The highest BCUT2D eigenvalue weighted by Gasteiger charge is 2.15. The molecule has 0 aromatic rings. The lowest BCUT2D eigenvalue weighted by Gasteiger charge is -2.10. The molecule has 2 N–H and O–H groups in total. The minimum absolute atomic E-state index is 0.556. The fourth-order valence-corrected chi connectivity index (χ4v) is 1.22. The Morgan fingerprint density at radius 1 is 0.750 bits per heavy atom. The Morgan fingerprint density at radius 3 is 1.12 bits per heavy atom. The topological polar surface area (TPSA) is 42.5 Å². The van der Waals surface area contributed by atoms with Crippen molar-refractivity contribution in [3.05, 3.63) is 0 Å². The Bertz CT molecular complexity index is 114. The molecule has 0 aromatic carbocycles. The van der Waals surface area contributed by atoms with Crippen LogP contribution in [0.15, 0.2) is 0 Å². The van der Waals surface area contributed by atoms with Crippen LogP contribution in [-0.2, 0) is 9.47 Å². The van der Waals surface area contributed by atoms with Crippen molar-refractivity contribution in [2.75, 3.05) is 52.6 Å². The zero-order valence-electron chi connectivity index (χ0n) is 9.84. The van der Waals surface area contributed by atoms with Crippen molar-refractivity contribution in [2.45, 2.75) is 18.2 Å². The average molecular weight is 251 g/mol. The van der Waals surface area contributed by atoms with Gasteiger partial charge in [0, 0.05) is 31.6 Å². The summed E-state index contributed by atoms with van der Waals surface area (Å²) in [6.07, 6.45) is 2.50. The number of ether oxygens (including phenoxy) is 2. The molecular formula is C11H23ClN2O2. The third-order valence-electron chi connectivity index (χ3n) is 2.20. The first-order valence-electron chi connectivity index (χ1n) is 6.10. The number of rotatable bonds is 0. The summed E-state index contributed by atoms with van der Waals surface area (Å²) in [7, 11) is 0. The highest BCUT2D eigenvalue weighted by atomic mass is 35.5. The molecule has 2 aliphatic heterocycles. The lowest BCUT2D eigenvalue weighted by atomic mass is 10.5. The summed E-state index contributed by atoms with van der Waals surface area (Å²) in [6, 6.07) is 0. The van der Waals surface area contributed by atoms with Gasteiger partial charge in [-0.05, 0) is 12.8 Å². The van der Waals surface area contributed by atoms with Crippen LogP contribution in [0.1, 0.15) is 12.8 Å². The standard InChI is InChI=1S/2C4H9NO.C3H5Cl/c2*1-3-6-4-2-5-1;4-3-1-2-3/h2*5H,1-4H2;3H,1-2H2. The van der Waals surface area contributed by atoms with Gasteiger partial charge in [0.05, 0.1) is 26.4 Å². The lowest BCUT2D eigenvalue weighted by molar-refractivity contribution is 0.109. The molecule has 2 heterocycles. The van der Waals surface area contributed by atoms with E-state index in [9.17, 15) is 0 Å². The summed E-state index contributed by atoms with van der Waals surface area (Å²) in [4.78, 5) is 0. The van der Waals surface area contributed by atoms with Crippen molar-refractivity contribution in [1.29, 1.82) is 0 Å². The summed E-state index contributed by atoms with van der Waals surface area (Å²) < 4.78 is 10.0. The second-order valence-corrected chi connectivity index (χ2v) is 4.52. The third-order valence-corrected chi connectivity index (χ3v) is 2.64. The molecule has 0 atom stereocenters. The van der Waals surface area contributed by atoms with Gasteiger partial charge in [-0.15, -0.1) is 11.6 Å². The van der Waals surface area contributed by atoms with E-state index in [0.717, 1.165) is 52.6 Å². The lowest BCUT2D eigenvalue weighted by Crippen LogP contribution is -2.30. The summed E-state index contributed by atoms with van der Waals surface area (Å²) in [5, 5.41) is 6.88.